The van der Waals surface area contributed by atoms with E-state index in [1.807, 2.05) is 0 Å². The molecule has 0 unspecified atom stereocenters. The van der Waals surface area contributed by atoms with Crippen LogP contribution in [0.15, 0.2) is 42.7 Å². The molecule has 1 aromatic heterocycles. The molecule has 0 saturated carbocycles. The summed E-state index contributed by atoms with van der Waals surface area (Å²) in [6.07, 6.45) is -1.33. The van der Waals surface area contributed by atoms with Gasteiger partial charge in [0.15, 0.2) is 5.78 Å². The van der Waals surface area contributed by atoms with E-state index in [1.165, 1.54) is 30.5 Å². The van der Waals surface area contributed by atoms with Crippen molar-refractivity contribution in [2.45, 2.75) is 19.7 Å². The first-order valence-electron chi connectivity index (χ1n) is 6.23. The third-order valence-electron chi connectivity index (χ3n) is 2.80. The standard InChI is InChI=1S/C15H12F3NO2/c1-2-14(20)12-7-11(8-19-9-12)10-3-5-13(6-4-10)21-15(16,17)18/h3-9H,2H2,1H3. The molecule has 0 radical (unpaired) electrons. The highest BCUT2D eigenvalue weighted by Gasteiger charge is 2.30. The van der Waals surface area contributed by atoms with Gasteiger partial charge in [-0.25, -0.2) is 0 Å². The molecule has 0 N–H and O–H groups in total. The number of ether oxygens (including phenoxy) is 1. The van der Waals surface area contributed by atoms with Gasteiger partial charge in [-0.05, 0) is 23.8 Å². The number of aromatic nitrogens is 1. The van der Waals surface area contributed by atoms with Crippen LogP contribution in [0.25, 0.3) is 11.1 Å². The van der Waals surface area contributed by atoms with Crippen LogP contribution in [0.2, 0.25) is 0 Å². The molecule has 0 bridgehead atoms. The minimum absolute atomic E-state index is 0.0404. The number of pyridine rings is 1. The minimum atomic E-state index is -4.71. The van der Waals surface area contributed by atoms with Gasteiger partial charge in [0.1, 0.15) is 5.75 Å². The molecule has 1 aromatic carbocycles. The Morgan fingerprint density at radius 3 is 2.38 bits per heavy atom. The molecule has 21 heavy (non-hydrogen) atoms. The van der Waals surface area contributed by atoms with Crippen molar-refractivity contribution in [3.63, 3.8) is 0 Å². The Morgan fingerprint density at radius 2 is 1.81 bits per heavy atom. The Bertz CT molecular complexity index is 636. The Kier molecular flexibility index (Phi) is 4.26. The fraction of sp³-hybridized carbons (Fsp3) is 0.200. The van der Waals surface area contributed by atoms with Crippen molar-refractivity contribution < 1.29 is 22.7 Å². The second-order valence-electron chi connectivity index (χ2n) is 4.31. The van der Waals surface area contributed by atoms with E-state index in [0.717, 1.165) is 0 Å². The van der Waals surface area contributed by atoms with E-state index in [4.69, 9.17) is 0 Å². The van der Waals surface area contributed by atoms with E-state index in [9.17, 15) is 18.0 Å². The van der Waals surface area contributed by atoms with Crippen molar-refractivity contribution in [1.82, 2.24) is 4.98 Å². The Hall–Kier alpha value is -2.37. The number of carbonyl (C=O) groups is 1. The summed E-state index contributed by atoms with van der Waals surface area (Å²) < 4.78 is 40.0. The molecule has 0 aliphatic carbocycles. The first-order chi connectivity index (χ1) is 9.89. The van der Waals surface area contributed by atoms with Crippen LogP contribution in [0.5, 0.6) is 5.75 Å². The molecule has 2 rings (SSSR count). The maximum absolute atomic E-state index is 12.1. The van der Waals surface area contributed by atoms with Crippen LogP contribution in [-0.2, 0) is 0 Å². The Balaban J connectivity index is 2.25. The number of alkyl halides is 3. The number of carbonyl (C=O) groups excluding carboxylic acids is 1. The second-order valence-corrected chi connectivity index (χ2v) is 4.31. The van der Waals surface area contributed by atoms with Crippen LogP contribution in [0.4, 0.5) is 13.2 Å². The summed E-state index contributed by atoms with van der Waals surface area (Å²) in [7, 11) is 0. The van der Waals surface area contributed by atoms with Gasteiger partial charge in [-0.15, -0.1) is 13.2 Å². The lowest BCUT2D eigenvalue weighted by Crippen LogP contribution is -2.16. The maximum Gasteiger partial charge on any atom is 0.573 e. The summed E-state index contributed by atoms with van der Waals surface area (Å²) in [6, 6.07) is 7.07. The summed E-state index contributed by atoms with van der Waals surface area (Å²) in [5.74, 6) is -0.332. The van der Waals surface area contributed by atoms with Crippen molar-refractivity contribution in [3.8, 4) is 16.9 Å². The average molecular weight is 295 g/mol. The number of ketones is 1. The number of nitrogens with zero attached hydrogens (tertiary/aromatic N) is 1. The molecule has 0 aliphatic heterocycles. The molecular weight excluding hydrogens is 283 g/mol. The largest absolute Gasteiger partial charge is 0.573 e. The fourth-order valence-electron chi connectivity index (χ4n) is 1.80. The summed E-state index contributed by atoms with van der Waals surface area (Å²) in [5, 5.41) is 0. The van der Waals surface area contributed by atoms with Crippen LogP contribution in [0.3, 0.4) is 0 Å². The van der Waals surface area contributed by atoms with Gasteiger partial charge >= 0.3 is 6.36 Å². The molecule has 0 amide bonds. The maximum atomic E-state index is 12.1. The highest BCUT2D eigenvalue weighted by atomic mass is 19.4. The molecule has 0 fully saturated rings. The fourth-order valence-corrected chi connectivity index (χ4v) is 1.80. The van der Waals surface area contributed by atoms with E-state index in [2.05, 4.69) is 9.72 Å². The van der Waals surface area contributed by atoms with Gasteiger partial charge in [-0.2, -0.15) is 0 Å². The molecular formula is C15H12F3NO2. The van der Waals surface area contributed by atoms with Crippen molar-refractivity contribution in [3.05, 3.63) is 48.3 Å². The summed E-state index contributed by atoms with van der Waals surface area (Å²) in [5.41, 5.74) is 1.79. The lowest BCUT2D eigenvalue weighted by atomic mass is 10.0. The summed E-state index contributed by atoms with van der Waals surface area (Å²) in [6.45, 7) is 1.75. The van der Waals surface area contributed by atoms with Crippen LogP contribution in [0, 0.1) is 0 Å². The van der Waals surface area contributed by atoms with Gasteiger partial charge in [0.25, 0.3) is 0 Å². The number of Topliss-reactive ketones (excluding diaryl/α,β-unsaturated/α-hetero) is 1. The minimum Gasteiger partial charge on any atom is -0.406 e. The number of hydrogen-bond acceptors (Lipinski definition) is 3. The average Bonchev–Trinajstić information content (AvgIpc) is 2.45. The van der Waals surface area contributed by atoms with Gasteiger partial charge in [-0.3, -0.25) is 9.78 Å². The van der Waals surface area contributed by atoms with Crippen LogP contribution < -0.4 is 4.74 Å². The van der Waals surface area contributed by atoms with Crippen molar-refractivity contribution in [1.29, 1.82) is 0 Å². The molecule has 6 heteroatoms. The monoisotopic (exact) mass is 295 g/mol. The predicted octanol–water partition coefficient (Wildman–Crippen LogP) is 4.24. The molecule has 0 saturated heterocycles. The highest BCUT2D eigenvalue weighted by molar-refractivity contribution is 5.96. The predicted molar refractivity (Wildman–Crippen MR) is 71.0 cm³/mol. The number of hydrogen-bond donors (Lipinski definition) is 0. The van der Waals surface area contributed by atoms with Gasteiger partial charge in [0.2, 0.25) is 0 Å². The van der Waals surface area contributed by atoms with Crippen molar-refractivity contribution in [2.75, 3.05) is 0 Å². The van der Waals surface area contributed by atoms with Crippen molar-refractivity contribution >= 4 is 5.78 Å². The van der Waals surface area contributed by atoms with E-state index >= 15 is 0 Å². The van der Waals surface area contributed by atoms with Gasteiger partial charge in [0.05, 0.1) is 0 Å². The second kappa shape index (κ2) is 5.95. The van der Waals surface area contributed by atoms with Gasteiger partial charge < -0.3 is 4.74 Å². The van der Waals surface area contributed by atoms with Crippen molar-refractivity contribution in [2.24, 2.45) is 0 Å². The summed E-state index contributed by atoms with van der Waals surface area (Å²) >= 11 is 0. The first kappa shape index (κ1) is 15.0. The SMILES string of the molecule is CCC(=O)c1cncc(-c2ccc(OC(F)(F)F)cc2)c1. The van der Waals surface area contributed by atoms with Crippen LogP contribution in [0.1, 0.15) is 23.7 Å². The van der Waals surface area contributed by atoms with E-state index < -0.39 is 6.36 Å². The molecule has 0 spiro atoms. The molecule has 3 nitrogen and oxygen atoms in total. The van der Waals surface area contributed by atoms with Gasteiger partial charge in [-0.1, -0.05) is 19.1 Å². The van der Waals surface area contributed by atoms with Crippen LogP contribution in [-0.4, -0.2) is 17.1 Å². The third kappa shape index (κ3) is 4.05. The smallest absolute Gasteiger partial charge is 0.406 e. The Morgan fingerprint density at radius 1 is 1.14 bits per heavy atom. The van der Waals surface area contributed by atoms with Crippen LogP contribution >= 0.6 is 0 Å². The number of rotatable bonds is 4. The third-order valence-corrected chi connectivity index (χ3v) is 2.80. The van der Waals surface area contributed by atoms with E-state index in [-0.39, 0.29) is 11.5 Å². The molecule has 110 valence electrons. The quantitative estimate of drug-likeness (QED) is 0.792. The first-order valence-corrected chi connectivity index (χ1v) is 6.23. The molecule has 0 aliphatic rings. The van der Waals surface area contributed by atoms with E-state index in [1.54, 1.807) is 19.2 Å². The zero-order chi connectivity index (χ0) is 15.5. The Labute approximate surface area is 119 Å². The summed E-state index contributed by atoms with van der Waals surface area (Å²) in [4.78, 5) is 15.6. The number of benzene rings is 1. The number of halogens is 3. The topological polar surface area (TPSA) is 39.2 Å². The zero-order valence-electron chi connectivity index (χ0n) is 11.1. The molecule has 1 heterocycles. The lowest BCUT2D eigenvalue weighted by molar-refractivity contribution is -0.274. The molecule has 2 aromatic rings. The normalized spacial score (nSPS) is 11.2. The zero-order valence-corrected chi connectivity index (χ0v) is 11.1. The molecule has 0 atom stereocenters. The van der Waals surface area contributed by atoms with E-state index in [0.29, 0.717) is 23.1 Å². The highest BCUT2D eigenvalue weighted by Crippen LogP contribution is 2.26. The van der Waals surface area contributed by atoms with Gasteiger partial charge in [0, 0.05) is 29.9 Å². The lowest BCUT2D eigenvalue weighted by Gasteiger charge is -2.09.